The summed E-state index contributed by atoms with van der Waals surface area (Å²) in [5, 5.41) is 0. The Hall–Kier alpha value is -0.573. The molecule has 1 aromatic heterocycles. The van der Waals surface area contributed by atoms with Crippen LogP contribution in [0.25, 0.3) is 0 Å². The lowest BCUT2D eigenvalue weighted by molar-refractivity contribution is 0.531. The highest BCUT2D eigenvalue weighted by Gasteiger charge is 2.20. The van der Waals surface area contributed by atoms with E-state index in [-0.39, 0.29) is 0 Å². The van der Waals surface area contributed by atoms with Gasteiger partial charge in [0.2, 0.25) is 0 Å². The molecule has 0 aliphatic heterocycles. The molecule has 0 saturated heterocycles. The number of hydrogen-bond donors (Lipinski definition) is 0. The SMILES string of the molecule is CCCCCCCCCCCCCCCCCC[Si](C)(C)Cn1ccnc1. The van der Waals surface area contributed by atoms with E-state index < -0.39 is 8.07 Å². The Labute approximate surface area is 171 Å². The number of unbranched alkanes of at least 4 members (excludes halogenated alkanes) is 15. The molecule has 0 fully saturated rings. The van der Waals surface area contributed by atoms with E-state index in [4.69, 9.17) is 0 Å². The van der Waals surface area contributed by atoms with Gasteiger partial charge in [-0.3, -0.25) is 0 Å². The molecule has 0 spiro atoms. The van der Waals surface area contributed by atoms with Crippen LogP contribution >= 0.6 is 0 Å². The van der Waals surface area contributed by atoms with Gasteiger partial charge >= 0.3 is 0 Å². The van der Waals surface area contributed by atoms with Gasteiger partial charge in [0.15, 0.2) is 0 Å². The van der Waals surface area contributed by atoms with Gasteiger partial charge in [-0.05, 0) is 0 Å². The number of hydrogen-bond acceptors (Lipinski definition) is 1. The first-order chi connectivity index (χ1) is 13.1. The van der Waals surface area contributed by atoms with E-state index in [1.54, 1.807) is 0 Å². The highest BCUT2D eigenvalue weighted by molar-refractivity contribution is 6.76. The van der Waals surface area contributed by atoms with Crippen LogP contribution < -0.4 is 0 Å². The maximum atomic E-state index is 4.17. The normalized spacial score (nSPS) is 12.0. The van der Waals surface area contributed by atoms with Crippen LogP contribution in [0.3, 0.4) is 0 Å². The summed E-state index contributed by atoms with van der Waals surface area (Å²) in [5.74, 6) is 0. The summed E-state index contributed by atoms with van der Waals surface area (Å²) in [6.07, 6.45) is 30.5. The van der Waals surface area contributed by atoms with Crippen molar-refractivity contribution in [1.29, 1.82) is 0 Å². The Morgan fingerprint density at radius 3 is 1.52 bits per heavy atom. The molecule has 27 heavy (non-hydrogen) atoms. The van der Waals surface area contributed by atoms with Crippen LogP contribution in [0.2, 0.25) is 19.1 Å². The first-order valence-electron chi connectivity index (χ1n) is 12.1. The minimum absolute atomic E-state index is 1.09. The minimum Gasteiger partial charge on any atom is -0.340 e. The van der Waals surface area contributed by atoms with Gasteiger partial charge in [0.25, 0.3) is 0 Å². The van der Waals surface area contributed by atoms with Crippen molar-refractivity contribution in [3.63, 3.8) is 0 Å². The van der Waals surface area contributed by atoms with Crippen LogP contribution in [-0.4, -0.2) is 17.6 Å². The van der Waals surface area contributed by atoms with E-state index >= 15 is 0 Å². The third-order valence-corrected chi connectivity index (χ3v) is 8.81. The third-order valence-electron chi connectivity index (χ3n) is 5.88. The summed E-state index contributed by atoms with van der Waals surface area (Å²) in [7, 11) is -1.09. The van der Waals surface area contributed by atoms with Gasteiger partial charge in [0.1, 0.15) is 0 Å². The molecule has 1 aromatic rings. The average Bonchev–Trinajstić information content (AvgIpc) is 3.13. The topological polar surface area (TPSA) is 17.8 Å². The number of nitrogens with zero attached hydrogens (tertiary/aromatic N) is 2. The second kappa shape index (κ2) is 16.4. The zero-order valence-corrected chi connectivity index (χ0v) is 19.9. The zero-order chi connectivity index (χ0) is 19.6. The summed E-state index contributed by atoms with van der Waals surface area (Å²) in [6.45, 7) is 7.35. The molecule has 1 rings (SSSR count). The van der Waals surface area contributed by atoms with Crippen LogP contribution in [0.4, 0.5) is 0 Å². The van der Waals surface area contributed by atoms with Crippen LogP contribution in [0.1, 0.15) is 110 Å². The van der Waals surface area contributed by atoms with Gasteiger partial charge in [0, 0.05) is 18.6 Å². The van der Waals surface area contributed by atoms with Crippen molar-refractivity contribution in [3.8, 4) is 0 Å². The largest absolute Gasteiger partial charge is 0.340 e. The lowest BCUT2D eigenvalue weighted by Crippen LogP contribution is -2.31. The first-order valence-corrected chi connectivity index (χ1v) is 15.5. The number of aromatic nitrogens is 2. The molecule has 1 heterocycles. The van der Waals surface area contributed by atoms with E-state index in [2.05, 4.69) is 35.8 Å². The molecule has 0 N–H and O–H groups in total. The van der Waals surface area contributed by atoms with Crippen molar-refractivity contribution in [2.24, 2.45) is 0 Å². The molecule has 0 radical (unpaired) electrons. The molecule has 0 saturated carbocycles. The Kier molecular flexibility index (Phi) is 14.8. The predicted molar refractivity (Wildman–Crippen MR) is 124 cm³/mol. The first kappa shape index (κ1) is 24.5. The van der Waals surface area contributed by atoms with Crippen molar-refractivity contribution in [2.45, 2.75) is 135 Å². The van der Waals surface area contributed by atoms with Gasteiger partial charge in [-0.2, -0.15) is 0 Å². The summed E-state index contributed by atoms with van der Waals surface area (Å²) in [5.41, 5.74) is 0. The molecule has 0 aromatic carbocycles. The van der Waals surface area contributed by atoms with Crippen LogP contribution in [0.15, 0.2) is 18.7 Å². The second-order valence-corrected chi connectivity index (χ2v) is 14.6. The van der Waals surface area contributed by atoms with Crippen molar-refractivity contribution in [3.05, 3.63) is 18.7 Å². The lowest BCUT2D eigenvalue weighted by atomic mass is 10.0. The van der Waals surface area contributed by atoms with Gasteiger partial charge < -0.3 is 4.57 Å². The number of imidazole rings is 1. The minimum atomic E-state index is -1.09. The Morgan fingerprint density at radius 1 is 0.667 bits per heavy atom. The Balaban J connectivity index is 1.79. The molecular formula is C24H48N2Si. The maximum Gasteiger partial charge on any atom is 0.0943 e. The van der Waals surface area contributed by atoms with E-state index in [1.807, 2.05) is 12.5 Å². The molecule has 0 amide bonds. The van der Waals surface area contributed by atoms with Crippen LogP contribution in [0.5, 0.6) is 0 Å². The third kappa shape index (κ3) is 15.1. The molecule has 2 nitrogen and oxygen atoms in total. The van der Waals surface area contributed by atoms with E-state index in [0.717, 1.165) is 0 Å². The van der Waals surface area contributed by atoms with Crippen LogP contribution in [-0.2, 0) is 6.17 Å². The van der Waals surface area contributed by atoms with E-state index in [1.165, 1.54) is 115 Å². The average molecular weight is 393 g/mol. The molecule has 158 valence electrons. The quantitative estimate of drug-likeness (QED) is 0.171. The zero-order valence-electron chi connectivity index (χ0n) is 18.9. The molecule has 0 atom stereocenters. The van der Waals surface area contributed by atoms with E-state index in [9.17, 15) is 0 Å². The summed E-state index contributed by atoms with van der Waals surface area (Å²) < 4.78 is 2.28. The predicted octanol–water partition coefficient (Wildman–Crippen LogP) is 8.39. The Bertz CT molecular complexity index is 414. The fourth-order valence-corrected chi connectivity index (χ4v) is 6.65. The number of rotatable bonds is 19. The van der Waals surface area contributed by atoms with Gasteiger partial charge in [0.05, 0.1) is 14.4 Å². The fourth-order valence-electron chi connectivity index (χ4n) is 4.11. The van der Waals surface area contributed by atoms with E-state index in [0.29, 0.717) is 0 Å². The molecule has 0 unspecified atom stereocenters. The fraction of sp³-hybridized carbons (Fsp3) is 0.875. The molecule has 0 bridgehead atoms. The molecular weight excluding hydrogens is 344 g/mol. The van der Waals surface area contributed by atoms with Crippen molar-refractivity contribution >= 4 is 8.07 Å². The van der Waals surface area contributed by atoms with Crippen molar-refractivity contribution in [1.82, 2.24) is 9.55 Å². The van der Waals surface area contributed by atoms with Crippen molar-refractivity contribution < 1.29 is 0 Å². The summed E-state index contributed by atoms with van der Waals surface area (Å²) >= 11 is 0. The van der Waals surface area contributed by atoms with Crippen LogP contribution in [0, 0.1) is 0 Å². The second-order valence-electron chi connectivity index (χ2n) is 9.45. The molecule has 0 aliphatic carbocycles. The standard InChI is InChI=1S/C24H48N2Si/c1-4-5-6-7-8-9-10-11-12-13-14-15-16-17-18-19-22-27(2,3)24-26-21-20-25-23-26/h20-21,23H,4-19,22,24H2,1-3H3. The van der Waals surface area contributed by atoms with Gasteiger partial charge in [-0.15, -0.1) is 0 Å². The Morgan fingerprint density at radius 2 is 1.11 bits per heavy atom. The van der Waals surface area contributed by atoms with Gasteiger partial charge in [-0.25, -0.2) is 4.98 Å². The molecule has 0 aliphatic rings. The maximum absolute atomic E-state index is 4.17. The van der Waals surface area contributed by atoms with Crippen molar-refractivity contribution in [2.75, 3.05) is 0 Å². The highest BCUT2D eigenvalue weighted by Crippen LogP contribution is 2.18. The highest BCUT2D eigenvalue weighted by atomic mass is 28.3. The monoisotopic (exact) mass is 392 g/mol. The summed E-state index contributed by atoms with van der Waals surface area (Å²) in [6, 6.07) is 1.46. The lowest BCUT2D eigenvalue weighted by Gasteiger charge is -2.22. The smallest absolute Gasteiger partial charge is 0.0943 e. The molecule has 3 heteroatoms. The summed E-state index contributed by atoms with van der Waals surface area (Å²) in [4.78, 5) is 4.17. The van der Waals surface area contributed by atoms with Gasteiger partial charge in [-0.1, -0.05) is 129 Å².